The molecule has 8 aromatic rings. The van der Waals surface area contributed by atoms with E-state index < -0.39 is 0 Å². The average molecular weight is 1440 g/mol. The lowest BCUT2D eigenvalue weighted by molar-refractivity contribution is 0.469. The SMILES string of the molecule is CC(C)(C)C.CC(C)(C)C.CC(C)(C)C.CC(C)(C)C.CC(C)(C)C.CC(C)(C)C.CC(C)(C)C.CC(C)(C)C.CC(C)(C)C.CC(C)(C)C.CC(C)(C)C.CC(C)(C)C.c1ccc2ccccc2c1.c1ccc2ncccc2c1.c1ccccc1.c1ccncc1.c1cnccn1.c1cncnc1. The first kappa shape index (κ1) is 119. The number of pyridine rings is 2. The zero-order valence-electron chi connectivity index (χ0n) is 78.3. The van der Waals surface area contributed by atoms with Gasteiger partial charge in [-0.15, -0.1) is 0 Å². The van der Waals surface area contributed by atoms with Crippen molar-refractivity contribution >= 4 is 21.7 Å². The summed E-state index contributed by atoms with van der Waals surface area (Å²) in [6, 6.07) is 48.3. The van der Waals surface area contributed by atoms with E-state index >= 15 is 0 Å². The van der Waals surface area contributed by atoms with Crippen molar-refractivity contribution in [1.82, 2.24) is 29.9 Å². The zero-order valence-corrected chi connectivity index (χ0v) is 78.3. The summed E-state index contributed by atoms with van der Waals surface area (Å²) < 4.78 is 0. The third kappa shape index (κ3) is 297. The molecule has 0 radical (unpaired) electrons. The highest BCUT2D eigenvalue weighted by atomic mass is 14.8. The van der Waals surface area contributed by atoms with E-state index in [1.807, 2.05) is 85.1 Å². The van der Waals surface area contributed by atoms with Gasteiger partial charge in [0.1, 0.15) is 6.33 Å². The minimum Gasteiger partial charge on any atom is -0.265 e. The fraction of sp³-hybridized carbons (Fsp3) is 0.612. The van der Waals surface area contributed by atoms with E-state index in [1.165, 1.54) is 22.5 Å². The van der Waals surface area contributed by atoms with Crippen LogP contribution in [0.15, 0.2) is 208 Å². The number of benzene rings is 4. The number of para-hydroxylation sites is 1. The number of rotatable bonds is 0. The van der Waals surface area contributed by atoms with Crippen LogP contribution in [0.25, 0.3) is 21.7 Å². The molecule has 104 heavy (non-hydrogen) atoms. The fourth-order valence-corrected chi connectivity index (χ4v) is 3.35. The van der Waals surface area contributed by atoms with E-state index in [-0.39, 0.29) is 0 Å². The van der Waals surface area contributed by atoms with Gasteiger partial charge in [-0.25, -0.2) is 9.97 Å². The van der Waals surface area contributed by atoms with Gasteiger partial charge in [0, 0.05) is 61.2 Å². The Morgan fingerprint density at radius 1 is 0.144 bits per heavy atom. The molecular formula is C98H178N6. The maximum Gasteiger partial charge on any atom is 0.115 e. The molecule has 4 aromatic carbocycles. The van der Waals surface area contributed by atoms with Crippen molar-refractivity contribution in [3.63, 3.8) is 0 Å². The smallest absolute Gasteiger partial charge is 0.115 e. The van der Waals surface area contributed by atoms with Crippen molar-refractivity contribution < 1.29 is 0 Å². The van der Waals surface area contributed by atoms with Crippen LogP contribution < -0.4 is 0 Å². The Morgan fingerprint density at radius 2 is 0.308 bits per heavy atom. The van der Waals surface area contributed by atoms with Crippen molar-refractivity contribution in [2.75, 3.05) is 0 Å². The lowest BCUT2D eigenvalue weighted by Crippen LogP contribution is -1.93. The number of nitrogens with zero attached hydrogens (tertiary/aromatic N) is 6. The molecule has 0 saturated carbocycles. The van der Waals surface area contributed by atoms with Gasteiger partial charge in [-0.2, -0.15) is 0 Å². The maximum absolute atomic E-state index is 4.18. The lowest BCUT2D eigenvalue weighted by Gasteiger charge is -2.05. The number of fused-ring (bicyclic) bond motifs is 2. The van der Waals surface area contributed by atoms with E-state index in [4.69, 9.17) is 0 Å². The highest BCUT2D eigenvalue weighted by molar-refractivity contribution is 5.82. The molecule has 0 amide bonds. The van der Waals surface area contributed by atoms with Crippen LogP contribution in [0.3, 0.4) is 0 Å². The third-order valence-corrected chi connectivity index (χ3v) is 5.36. The average Bonchev–Trinajstić information content (AvgIpc) is 0.879. The minimum absolute atomic E-state index is 0.500. The molecule has 0 unspecified atom stereocenters. The summed E-state index contributed by atoms with van der Waals surface area (Å²) in [5.41, 5.74) is 7.06. The van der Waals surface area contributed by atoms with Crippen LogP contribution >= 0.6 is 0 Å². The van der Waals surface area contributed by atoms with Gasteiger partial charge in [0.2, 0.25) is 0 Å². The highest BCUT2D eigenvalue weighted by Gasteiger charge is 2.01. The highest BCUT2D eigenvalue weighted by Crippen LogP contribution is 2.15. The fourth-order valence-electron chi connectivity index (χ4n) is 3.35. The molecule has 0 aliphatic heterocycles. The van der Waals surface area contributed by atoms with Crippen molar-refractivity contribution in [3.05, 3.63) is 208 Å². The largest absolute Gasteiger partial charge is 0.265 e. The Morgan fingerprint density at radius 3 is 0.452 bits per heavy atom. The van der Waals surface area contributed by atoms with Crippen LogP contribution in [0.5, 0.6) is 0 Å². The summed E-state index contributed by atoms with van der Waals surface area (Å²) in [6.07, 6.45) is 16.7. The first-order chi connectivity index (χ1) is 45.9. The van der Waals surface area contributed by atoms with Crippen molar-refractivity contribution in [1.29, 1.82) is 0 Å². The normalized spacial score (nSPS) is 10.7. The summed E-state index contributed by atoms with van der Waals surface area (Å²) >= 11 is 0. The van der Waals surface area contributed by atoms with E-state index in [2.05, 4.69) is 423 Å². The molecule has 0 saturated heterocycles. The molecule has 0 aliphatic carbocycles. The predicted octanol–water partition coefficient (Wildman–Crippen LogP) is 33.4. The van der Waals surface area contributed by atoms with Gasteiger partial charge in [-0.05, 0) is 106 Å². The molecular weight excluding hydrogens is 1260 g/mol. The van der Waals surface area contributed by atoms with Gasteiger partial charge >= 0.3 is 0 Å². The Bertz CT molecular complexity index is 2160. The molecule has 600 valence electrons. The number of hydrogen-bond acceptors (Lipinski definition) is 6. The summed E-state index contributed by atoms with van der Waals surface area (Å²) in [4.78, 5) is 22.8. The van der Waals surface area contributed by atoms with Crippen LogP contribution in [-0.4, -0.2) is 29.9 Å². The molecule has 4 aromatic heterocycles. The van der Waals surface area contributed by atoms with Gasteiger partial charge in [-0.1, -0.05) is 448 Å². The van der Waals surface area contributed by atoms with Gasteiger partial charge in [0.15, 0.2) is 0 Å². The minimum atomic E-state index is 0.500. The quantitative estimate of drug-likeness (QED) is 0.151. The second-order valence-electron chi connectivity index (χ2n) is 44.5. The lowest BCUT2D eigenvalue weighted by atomic mass is 10.0. The molecule has 0 bridgehead atoms. The summed E-state index contributed by atoms with van der Waals surface area (Å²) in [6.45, 7) is 105. The molecule has 6 heteroatoms. The van der Waals surface area contributed by atoms with E-state index in [9.17, 15) is 0 Å². The number of aromatic nitrogens is 6. The maximum atomic E-state index is 4.18. The second kappa shape index (κ2) is 64.1. The van der Waals surface area contributed by atoms with Crippen LogP contribution in [0.2, 0.25) is 0 Å². The molecule has 0 atom stereocenters. The number of hydrogen-bond donors (Lipinski definition) is 0. The molecule has 0 fully saturated rings. The van der Waals surface area contributed by atoms with Crippen LogP contribution in [0, 0.1) is 65.0 Å². The van der Waals surface area contributed by atoms with Crippen molar-refractivity contribution in [3.8, 4) is 0 Å². The van der Waals surface area contributed by atoms with Gasteiger partial charge < -0.3 is 0 Å². The molecule has 0 N–H and O–H groups in total. The summed E-state index contributed by atoms with van der Waals surface area (Å²) in [7, 11) is 0. The monoisotopic (exact) mass is 1440 g/mol. The van der Waals surface area contributed by atoms with Gasteiger partial charge in [-0.3, -0.25) is 19.9 Å². The second-order valence-corrected chi connectivity index (χ2v) is 44.5. The molecule has 8 rings (SSSR count). The molecule has 6 nitrogen and oxygen atoms in total. The standard InChI is InChI=1S/C10H8.C9H7N.C6H6.C5H5N.12C5H12.2C4H4N2/c1-2-6-10-8-4-3-7-9(10)5-1;1-2-6-9-8(4-1)5-3-7-10-9;2*1-2-4-6-5-3-1;12*1-5(2,3)4;1-2-6-4-3-5-1;1-2-5-4-6-3-1/h1-8H;1-7H;1-6H;1-5H;12*1-4H3;2*1-4H. The van der Waals surface area contributed by atoms with Crippen LogP contribution in [-0.2, 0) is 0 Å². The Labute approximate surface area is 652 Å². The molecule has 0 spiro atoms. The van der Waals surface area contributed by atoms with E-state index in [0.29, 0.717) is 65.0 Å². The summed E-state index contributed by atoms with van der Waals surface area (Å²) in [5.74, 6) is 0. The predicted molar refractivity (Wildman–Crippen MR) is 482 cm³/mol. The third-order valence-electron chi connectivity index (χ3n) is 5.36. The van der Waals surface area contributed by atoms with Crippen molar-refractivity contribution in [2.24, 2.45) is 65.0 Å². The first-order valence-electron chi connectivity index (χ1n) is 37.9. The Kier molecular flexibility index (Phi) is 73.3. The van der Waals surface area contributed by atoms with Gasteiger partial charge in [0.25, 0.3) is 0 Å². The zero-order chi connectivity index (χ0) is 84.6. The topological polar surface area (TPSA) is 77.3 Å². The summed E-state index contributed by atoms with van der Waals surface area (Å²) in [5, 5.41) is 3.82. The van der Waals surface area contributed by atoms with E-state index in [0.717, 1.165) is 5.52 Å². The Balaban J connectivity index is -0.000000113. The van der Waals surface area contributed by atoms with Gasteiger partial charge in [0.05, 0.1) is 5.52 Å². The van der Waals surface area contributed by atoms with E-state index in [1.54, 1.807) is 55.6 Å². The first-order valence-corrected chi connectivity index (χ1v) is 37.9. The Hall–Kier alpha value is -6.14. The molecule has 0 aliphatic rings. The molecule has 4 heterocycles. The van der Waals surface area contributed by atoms with Crippen LogP contribution in [0.4, 0.5) is 0 Å². The van der Waals surface area contributed by atoms with Crippen molar-refractivity contribution in [2.45, 2.75) is 332 Å². The van der Waals surface area contributed by atoms with Crippen LogP contribution in [0.1, 0.15) is 332 Å².